The lowest BCUT2D eigenvalue weighted by Gasteiger charge is -2.20. The van der Waals surface area contributed by atoms with Crippen LogP contribution in [0.3, 0.4) is 0 Å². The fraction of sp³-hybridized carbons (Fsp3) is 0.263. The SMILES string of the molecule is CS(=O)(=O)CCC(c1ccc(-n2cc(-c3ccnc4[nH]cnc34)cn2)nc1)C(F)(F)F. The zero-order valence-corrected chi connectivity index (χ0v) is 17.0. The van der Waals surface area contributed by atoms with E-state index in [2.05, 4.69) is 25.0 Å². The summed E-state index contributed by atoms with van der Waals surface area (Å²) in [5.41, 5.74) is 2.74. The van der Waals surface area contributed by atoms with Crippen LogP contribution in [-0.2, 0) is 9.84 Å². The van der Waals surface area contributed by atoms with Gasteiger partial charge in [0, 0.05) is 36.0 Å². The normalized spacial score (nSPS) is 13.5. The topological polar surface area (TPSA) is 106 Å². The Labute approximate surface area is 175 Å². The third-order valence-electron chi connectivity index (χ3n) is 4.79. The van der Waals surface area contributed by atoms with Crippen molar-refractivity contribution in [3.63, 3.8) is 0 Å². The molecular formula is C19H17F3N6O2S. The van der Waals surface area contributed by atoms with E-state index in [-0.39, 0.29) is 5.56 Å². The maximum Gasteiger partial charge on any atom is 0.395 e. The molecule has 0 saturated heterocycles. The van der Waals surface area contributed by atoms with Crippen LogP contribution in [0.15, 0.2) is 49.3 Å². The maximum absolute atomic E-state index is 13.4. The second-order valence-electron chi connectivity index (χ2n) is 7.09. The molecule has 4 aromatic heterocycles. The van der Waals surface area contributed by atoms with Gasteiger partial charge in [0.2, 0.25) is 0 Å². The van der Waals surface area contributed by atoms with Gasteiger partial charge in [-0.2, -0.15) is 18.3 Å². The van der Waals surface area contributed by atoms with Gasteiger partial charge in [0.05, 0.1) is 24.2 Å². The van der Waals surface area contributed by atoms with Gasteiger partial charge in [-0.1, -0.05) is 6.07 Å². The highest BCUT2D eigenvalue weighted by Gasteiger charge is 2.41. The summed E-state index contributed by atoms with van der Waals surface area (Å²) in [5, 5.41) is 4.24. The lowest BCUT2D eigenvalue weighted by atomic mass is 9.97. The number of imidazole rings is 1. The molecule has 0 fully saturated rings. The highest BCUT2D eigenvalue weighted by atomic mass is 32.2. The van der Waals surface area contributed by atoms with Crippen LogP contribution in [0.2, 0.25) is 0 Å². The minimum Gasteiger partial charge on any atom is -0.329 e. The van der Waals surface area contributed by atoms with Gasteiger partial charge in [0.25, 0.3) is 0 Å². The van der Waals surface area contributed by atoms with Crippen molar-refractivity contribution in [1.82, 2.24) is 29.7 Å². The molecule has 31 heavy (non-hydrogen) atoms. The highest BCUT2D eigenvalue weighted by molar-refractivity contribution is 7.90. The molecule has 0 saturated carbocycles. The molecule has 0 aliphatic heterocycles. The molecule has 0 amide bonds. The molecule has 8 nitrogen and oxygen atoms in total. The first kappa shape index (κ1) is 21.0. The summed E-state index contributed by atoms with van der Waals surface area (Å²) in [5.74, 6) is -2.15. The van der Waals surface area contributed by atoms with Crippen LogP contribution in [0.4, 0.5) is 13.2 Å². The fourth-order valence-corrected chi connectivity index (χ4v) is 3.92. The van der Waals surface area contributed by atoms with E-state index in [4.69, 9.17) is 0 Å². The van der Waals surface area contributed by atoms with Gasteiger partial charge in [0.15, 0.2) is 11.5 Å². The second-order valence-corrected chi connectivity index (χ2v) is 9.35. The average molecular weight is 450 g/mol. The van der Waals surface area contributed by atoms with Crippen molar-refractivity contribution in [3.8, 4) is 16.9 Å². The Morgan fingerprint density at radius 2 is 1.94 bits per heavy atom. The molecule has 1 unspecified atom stereocenters. The molecule has 0 radical (unpaired) electrons. The number of fused-ring (bicyclic) bond motifs is 1. The Bertz CT molecular complexity index is 1310. The predicted molar refractivity (Wildman–Crippen MR) is 107 cm³/mol. The number of alkyl halides is 3. The standard InChI is InChI=1S/C19H17F3N6O2S/c1-31(29,30)7-5-15(19(20,21)22)12-2-3-16(24-8-12)28-10-13(9-27-28)14-4-6-23-18-17(14)25-11-26-18/h2-4,6,8-11,15H,5,7H2,1H3,(H,23,25,26). The van der Waals surface area contributed by atoms with E-state index in [1.54, 1.807) is 24.7 Å². The number of H-pyrrole nitrogens is 1. The van der Waals surface area contributed by atoms with E-state index in [0.29, 0.717) is 17.0 Å². The quantitative estimate of drug-likeness (QED) is 0.483. The highest BCUT2D eigenvalue weighted by Crippen LogP contribution is 2.37. The molecule has 162 valence electrons. The van der Waals surface area contributed by atoms with Crippen molar-refractivity contribution < 1.29 is 21.6 Å². The molecular weight excluding hydrogens is 433 g/mol. The fourth-order valence-electron chi connectivity index (χ4n) is 3.26. The number of rotatable bonds is 6. The summed E-state index contributed by atoms with van der Waals surface area (Å²) in [4.78, 5) is 15.5. The summed E-state index contributed by atoms with van der Waals surface area (Å²) >= 11 is 0. The van der Waals surface area contributed by atoms with Gasteiger partial charge < -0.3 is 4.98 Å². The second kappa shape index (κ2) is 7.76. The van der Waals surface area contributed by atoms with E-state index >= 15 is 0 Å². The van der Waals surface area contributed by atoms with Crippen LogP contribution < -0.4 is 0 Å². The number of halogens is 3. The molecule has 0 aliphatic rings. The summed E-state index contributed by atoms with van der Waals surface area (Å²) < 4.78 is 64.4. The molecule has 0 aliphatic carbocycles. The number of hydrogen-bond donors (Lipinski definition) is 1. The third kappa shape index (κ3) is 4.58. The monoisotopic (exact) mass is 450 g/mol. The lowest BCUT2D eigenvalue weighted by Crippen LogP contribution is -2.23. The van der Waals surface area contributed by atoms with E-state index in [0.717, 1.165) is 23.6 Å². The van der Waals surface area contributed by atoms with Crippen molar-refractivity contribution >= 4 is 21.0 Å². The Kier molecular flexibility index (Phi) is 5.25. The Balaban J connectivity index is 1.60. The molecule has 0 bridgehead atoms. The zero-order chi connectivity index (χ0) is 22.2. The van der Waals surface area contributed by atoms with Crippen molar-refractivity contribution in [1.29, 1.82) is 0 Å². The molecule has 0 aromatic carbocycles. The molecule has 1 N–H and O–H groups in total. The van der Waals surface area contributed by atoms with Crippen LogP contribution in [0, 0.1) is 0 Å². The number of sulfone groups is 1. The first-order valence-electron chi connectivity index (χ1n) is 9.16. The number of nitrogens with zero attached hydrogens (tertiary/aromatic N) is 5. The maximum atomic E-state index is 13.4. The van der Waals surface area contributed by atoms with Gasteiger partial charge in [-0.05, 0) is 24.1 Å². The summed E-state index contributed by atoms with van der Waals surface area (Å²) in [6.07, 6.45) is 3.34. The molecule has 12 heteroatoms. The number of nitrogens with one attached hydrogen (secondary N) is 1. The number of aromatic amines is 1. The van der Waals surface area contributed by atoms with E-state index in [1.807, 2.05) is 0 Å². The minimum absolute atomic E-state index is 0.0976. The van der Waals surface area contributed by atoms with E-state index < -0.39 is 34.1 Å². The van der Waals surface area contributed by atoms with Gasteiger partial charge in [-0.15, -0.1) is 0 Å². The minimum atomic E-state index is -4.58. The van der Waals surface area contributed by atoms with Crippen LogP contribution in [0.5, 0.6) is 0 Å². The molecule has 1 atom stereocenters. The Morgan fingerprint density at radius 3 is 2.61 bits per heavy atom. The Hall–Kier alpha value is -3.28. The zero-order valence-electron chi connectivity index (χ0n) is 16.2. The number of pyridine rings is 2. The molecule has 4 rings (SSSR count). The summed E-state index contributed by atoms with van der Waals surface area (Å²) in [6, 6.07) is 4.50. The largest absolute Gasteiger partial charge is 0.395 e. The predicted octanol–water partition coefficient (Wildman–Crippen LogP) is 3.29. The van der Waals surface area contributed by atoms with Crippen LogP contribution in [-0.4, -0.2) is 56.3 Å². The summed E-state index contributed by atoms with van der Waals surface area (Å²) in [7, 11) is -3.52. The van der Waals surface area contributed by atoms with E-state index in [9.17, 15) is 21.6 Å². The van der Waals surface area contributed by atoms with E-state index in [1.165, 1.54) is 23.1 Å². The first-order chi connectivity index (χ1) is 14.6. The summed E-state index contributed by atoms with van der Waals surface area (Å²) in [6.45, 7) is 0. The van der Waals surface area contributed by atoms with Gasteiger partial charge in [-0.25, -0.2) is 28.1 Å². The number of hydrogen-bond acceptors (Lipinski definition) is 6. The smallest absolute Gasteiger partial charge is 0.329 e. The van der Waals surface area contributed by atoms with Crippen molar-refractivity contribution in [2.75, 3.05) is 12.0 Å². The van der Waals surface area contributed by atoms with Gasteiger partial charge in [0.1, 0.15) is 15.4 Å². The van der Waals surface area contributed by atoms with Crippen molar-refractivity contribution in [2.24, 2.45) is 0 Å². The average Bonchev–Trinajstić information content (AvgIpc) is 3.36. The van der Waals surface area contributed by atoms with Crippen LogP contribution >= 0.6 is 0 Å². The van der Waals surface area contributed by atoms with Gasteiger partial charge in [-0.3, -0.25) is 0 Å². The molecule has 4 aromatic rings. The number of aromatic nitrogens is 6. The molecule has 4 heterocycles. The van der Waals surface area contributed by atoms with Gasteiger partial charge >= 0.3 is 6.18 Å². The molecule has 0 spiro atoms. The van der Waals surface area contributed by atoms with Crippen molar-refractivity contribution in [3.05, 3.63) is 54.9 Å². The Morgan fingerprint density at radius 1 is 1.13 bits per heavy atom. The third-order valence-corrected chi connectivity index (χ3v) is 5.77. The van der Waals surface area contributed by atoms with Crippen LogP contribution in [0.25, 0.3) is 28.1 Å². The van der Waals surface area contributed by atoms with Crippen LogP contribution in [0.1, 0.15) is 17.9 Å². The lowest BCUT2D eigenvalue weighted by molar-refractivity contribution is -0.150. The van der Waals surface area contributed by atoms with Crippen molar-refractivity contribution in [2.45, 2.75) is 18.5 Å². The first-order valence-corrected chi connectivity index (χ1v) is 11.2.